The van der Waals surface area contributed by atoms with Crippen LogP contribution in [0, 0.1) is 0 Å². The largest absolute Gasteiger partial charge is 0.451 e. The molecule has 7 aromatic rings. The molecule has 0 fully saturated rings. The van der Waals surface area contributed by atoms with Crippen LogP contribution in [0.5, 0.6) is 0 Å². The maximum absolute atomic E-state index is 6.76. The topological polar surface area (TPSA) is 21.3 Å². The summed E-state index contributed by atoms with van der Waals surface area (Å²) in [5, 5.41) is 2.20. The van der Waals surface area contributed by atoms with Crippen LogP contribution in [0.25, 0.3) is 38.7 Å². The molecule has 0 radical (unpaired) electrons. The third-order valence-corrected chi connectivity index (χ3v) is 6.57. The van der Waals surface area contributed by atoms with Gasteiger partial charge in [0.2, 0.25) is 0 Å². The molecule has 35 heavy (non-hydrogen) atoms. The van der Waals surface area contributed by atoms with Crippen LogP contribution in [-0.2, 0) is 0 Å². The highest BCUT2D eigenvalue weighted by Gasteiger charge is 2.23. The summed E-state index contributed by atoms with van der Waals surface area (Å²) in [5.74, 6) is 0. The minimum atomic E-state index is 0.876. The van der Waals surface area contributed by atoms with Gasteiger partial charge in [-0.2, -0.15) is 0 Å². The molecule has 0 amide bonds. The van der Waals surface area contributed by atoms with Crippen molar-refractivity contribution in [3.8, 4) is 5.69 Å². The lowest BCUT2D eigenvalue weighted by Crippen LogP contribution is -2.09. The van der Waals surface area contributed by atoms with E-state index in [0.29, 0.717) is 0 Å². The number of anilines is 3. The molecular weight excluding hydrogens is 428 g/mol. The molecule has 0 atom stereocenters. The van der Waals surface area contributed by atoms with Crippen LogP contribution in [0.1, 0.15) is 0 Å². The fourth-order valence-corrected chi connectivity index (χ4v) is 5.08. The summed E-state index contributed by atoms with van der Waals surface area (Å²) < 4.78 is 9.08. The van der Waals surface area contributed by atoms with E-state index in [-0.39, 0.29) is 0 Å². The van der Waals surface area contributed by atoms with E-state index in [4.69, 9.17) is 4.42 Å². The van der Waals surface area contributed by atoms with Crippen LogP contribution < -0.4 is 4.90 Å². The van der Waals surface area contributed by atoms with Gasteiger partial charge in [0.15, 0.2) is 11.2 Å². The molecule has 0 aliphatic rings. The van der Waals surface area contributed by atoms with Crippen molar-refractivity contribution in [2.75, 3.05) is 4.90 Å². The fraction of sp³-hybridized carbons (Fsp3) is 0. The Labute approximate surface area is 203 Å². The quantitative estimate of drug-likeness (QED) is 0.267. The first-order chi connectivity index (χ1) is 17.4. The van der Waals surface area contributed by atoms with Crippen LogP contribution >= 0.6 is 0 Å². The first-order valence-electron chi connectivity index (χ1n) is 11.8. The van der Waals surface area contributed by atoms with Crippen molar-refractivity contribution in [1.29, 1.82) is 0 Å². The number of nitrogens with zero attached hydrogens (tertiary/aromatic N) is 2. The molecule has 0 N–H and O–H groups in total. The maximum atomic E-state index is 6.76. The highest BCUT2D eigenvalue weighted by molar-refractivity contribution is 6.18. The van der Waals surface area contributed by atoms with E-state index in [2.05, 4.69) is 131 Å². The monoisotopic (exact) mass is 450 g/mol. The van der Waals surface area contributed by atoms with Crippen molar-refractivity contribution >= 4 is 50.0 Å². The molecular formula is C32H22N2O. The van der Waals surface area contributed by atoms with Crippen LogP contribution in [-0.4, -0.2) is 4.57 Å². The second kappa shape index (κ2) is 7.93. The Hall–Kier alpha value is -4.76. The van der Waals surface area contributed by atoms with E-state index in [0.717, 1.165) is 55.7 Å². The normalized spacial score (nSPS) is 11.4. The van der Waals surface area contributed by atoms with E-state index in [1.807, 2.05) is 12.1 Å². The molecule has 0 unspecified atom stereocenters. The number of hydrogen-bond donors (Lipinski definition) is 0. The lowest BCUT2D eigenvalue weighted by atomic mass is 10.1. The van der Waals surface area contributed by atoms with Gasteiger partial charge in [-0.1, -0.05) is 72.8 Å². The second-order valence-electron chi connectivity index (χ2n) is 8.63. The summed E-state index contributed by atoms with van der Waals surface area (Å²) in [4.78, 5) is 2.26. The van der Waals surface area contributed by atoms with Gasteiger partial charge < -0.3 is 13.9 Å². The van der Waals surface area contributed by atoms with Crippen molar-refractivity contribution in [2.45, 2.75) is 0 Å². The minimum absolute atomic E-state index is 0.876. The van der Waals surface area contributed by atoms with E-state index >= 15 is 0 Å². The maximum Gasteiger partial charge on any atom is 0.161 e. The standard InChI is InChI=1S/C32H22N2O/c1-4-13-23(14-5-1)33(24-15-6-2-7-16-24)29-22-12-20-27-30-32(35-31(27)29)26-19-10-11-21-28(26)34(30)25-17-8-3-9-18-25/h1-22H. The van der Waals surface area contributed by atoms with E-state index < -0.39 is 0 Å². The Bertz CT molecular complexity index is 1740. The number of para-hydroxylation sites is 5. The summed E-state index contributed by atoms with van der Waals surface area (Å²) >= 11 is 0. The van der Waals surface area contributed by atoms with Gasteiger partial charge in [0, 0.05) is 27.8 Å². The third-order valence-electron chi connectivity index (χ3n) is 6.57. The summed E-state index contributed by atoms with van der Waals surface area (Å²) in [7, 11) is 0. The van der Waals surface area contributed by atoms with Crippen molar-refractivity contribution in [1.82, 2.24) is 4.57 Å². The zero-order valence-electron chi connectivity index (χ0n) is 19.0. The lowest BCUT2D eigenvalue weighted by Gasteiger charge is -2.25. The minimum Gasteiger partial charge on any atom is -0.451 e. The number of furan rings is 1. The molecule has 0 aliphatic heterocycles. The van der Waals surface area contributed by atoms with Crippen molar-refractivity contribution in [3.05, 3.63) is 133 Å². The van der Waals surface area contributed by atoms with Gasteiger partial charge in [-0.25, -0.2) is 0 Å². The Morgan fingerprint density at radius 3 is 1.74 bits per heavy atom. The molecule has 0 bridgehead atoms. The van der Waals surface area contributed by atoms with Crippen molar-refractivity contribution in [3.63, 3.8) is 0 Å². The van der Waals surface area contributed by atoms with Gasteiger partial charge in [0.1, 0.15) is 5.52 Å². The molecule has 3 heteroatoms. The number of benzene rings is 5. The Morgan fingerprint density at radius 1 is 0.486 bits per heavy atom. The fourth-order valence-electron chi connectivity index (χ4n) is 5.08. The number of hydrogen-bond acceptors (Lipinski definition) is 2. The van der Waals surface area contributed by atoms with Gasteiger partial charge in [-0.15, -0.1) is 0 Å². The molecule has 3 nitrogen and oxygen atoms in total. The number of aromatic nitrogens is 1. The molecule has 0 saturated heterocycles. The van der Waals surface area contributed by atoms with Crippen LogP contribution in [0.3, 0.4) is 0 Å². The average Bonchev–Trinajstić information content (AvgIpc) is 3.46. The number of rotatable bonds is 4. The third kappa shape index (κ3) is 3.06. The van der Waals surface area contributed by atoms with Gasteiger partial charge in [0.05, 0.1) is 11.2 Å². The molecule has 2 aromatic heterocycles. The van der Waals surface area contributed by atoms with Crippen LogP contribution in [0.2, 0.25) is 0 Å². The first-order valence-corrected chi connectivity index (χ1v) is 11.8. The lowest BCUT2D eigenvalue weighted by molar-refractivity contribution is 0.673. The van der Waals surface area contributed by atoms with Crippen molar-refractivity contribution in [2.24, 2.45) is 0 Å². The van der Waals surface area contributed by atoms with Gasteiger partial charge in [-0.05, 0) is 60.7 Å². The predicted octanol–water partition coefficient (Wildman–Crippen LogP) is 9.00. The summed E-state index contributed by atoms with van der Waals surface area (Å²) in [6.07, 6.45) is 0. The molecule has 0 aliphatic carbocycles. The SMILES string of the molecule is c1ccc(N(c2ccccc2)c2cccc3c2oc2c4ccccc4n(-c4ccccc4)c32)cc1. The molecule has 2 heterocycles. The van der Waals surface area contributed by atoms with Crippen molar-refractivity contribution < 1.29 is 4.42 Å². The van der Waals surface area contributed by atoms with Gasteiger partial charge in [-0.3, -0.25) is 0 Å². The van der Waals surface area contributed by atoms with E-state index in [9.17, 15) is 0 Å². The van der Waals surface area contributed by atoms with Gasteiger partial charge >= 0.3 is 0 Å². The molecule has 5 aromatic carbocycles. The molecule has 0 saturated carbocycles. The summed E-state index contributed by atoms with van der Waals surface area (Å²) in [5.41, 5.74) is 8.33. The Kier molecular flexibility index (Phi) is 4.46. The van der Waals surface area contributed by atoms with Crippen LogP contribution in [0.15, 0.2) is 138 Å². The highest BCUT2D eigenvalue weighted by atomic mass is 16.3. The average molecular weight is 451 g/mol. The smallest absolute Gasteiger partial charge is 0.161 e. The zero-order chi connectivity index (χ0) is 23.2. The van der Waals surface area contributed by atoms with Crippen LogP contribution in [0.4, 0.5) is 17.1 Å². The molecule has 0 spiro atoms. The second-order valence-corrected chi connectivity index (χ2v) is 8.63. The van der Waals surface area contributed by atoms with Gasteiger partial charge in [0.25, 0.3) is 0 Å². The Balaban J connectivity index is 1.58. The number of fused-ring (bicyclic) bond motifs is 5. The molecule has 166 valence electrons. The zero-order valence-corrected chi connectivity index (χ0v) is 19.0. The summed E-state index contributed by atoms with van der Waals surface area (Å²) in [6.45, 7) is 0. The van der Waals surface area contributed by atoms with E-state index in [1.165, 1.54) is 0 Å². The Morgan fingerprint density at radius 2 is 1.06 bits per heavy atom. The predicted molar refractivity (Wildman–Crippen MR) is 145 cm³/mol. The summed E-state index contributed by atoms with van der Waals surface area (Å²) in [6, 6.07) is 46.3. The van der Waals surface area contributed by atoms with E-state index in [1.54, 1.807) is 0 Å². The first kappa shape index (κ1) is 19.7. The molecule has 7 rings (SSSR count). The highest BCUT2D eigenvalue weighted by Crippen LogP contribution is 2.44.